The Bertz CT molecular complexity index is 1710. The summed E-state index contributed by atoms with van der Waals surface area (Å²) in [5.74, 6) is -0.119. The number of rotatable bonds is 5. The van der Waals surface area contributed by atoms with Gasteiger partial charge < -0.3 is 15.2 Å². The van der Waals surface area contributed by atoms with Crippen LogP contribution in [0.2, 0.25) is 0 Å². The van der Waals surface area contributed by atoms with Gasteiger partial charge in [-0.3, -0.25) is 14.2 Å². The second-order valence-corrected chi connectivity index (χ2v) is 10.3. The molecule has 0 aliphatic carbocycles. The lowest BCUT2D eigenvalue weighted by molar-refractivity contribution is -0.113. The maximum atomic E-state index is 13.8. The van der Waals surface area contributed by atoms with Crippen molar-refractivity contribution < 1.29 is 14.6 Å². The molecule has 9 heteroatoms. The second-order valence-electron chi connectivity index (χ2n) is 8.36. The minimum atomic E-state index is -0.672. The van der Waals surface area contributed by atoms with Crippen LogP contribution in [-0.4, -0.2) is 22.7 Å². The Balaban J connectivity index is 1.69. The first-order valence-electron chi connectivity index (χ1n) is 11.4. The number of benzene rings is 3. The summed E-state index contributed by atoms with van der Waals surface area (Å²) in [5, 5.41) is 13.6. The first kappa shape index (κ1) is 24.7. The van der Waals surface area contributed by atoms with Crippen LogP contribution in [-0.2, 0) is 4.79 Å². The van der Waals surface area contributed by atoms with Crippen LogP contribution < -0.4 is 24.9 Å². The van der Waals surface area contributed by atoms with Gasteiger partial charge in [-0.15, -0.1) is 0 Å². The van der Waals surface area contributed by atoms with Gasteiger partial charge in [-0.05, 0) is 42.8 Å². The maximum Gasteiger partial charge on any atom is 0.271 e. The number of amides is 1. The molecule has 5 rings (SSSR count). The minimum absolute atomic E-state index is 0.0738. The molecule has 0 saturated heterocycles. The number of aromatic nitrogens is 1. The Morgan fingerprint density at radius 2 is 1.81 bits per heavy atom. The minimum Gasteiger partial charge on any atom is -0.504 e. The van der Waals surface area contributed by atoms with Crippen LogP contribution >= 0.6 is 27.3 Å². The monoisotopic (exact) mass is 575 g/mol. The van der Waals surface area contributed by atoms with E-state index in [4.69, 9.17) is 4.74 Å². The summed E-state index contributed by atoms with van der Waals surface area (Å²) in [6, 6.07) is 21.3. The lowest BCUT2D eigenvalue weighted by Gasteiger charge is -2.25. The van der Waals surface area contributed by atoms with E-state index >= 15 is 0 Å². The molecule has 0 spiro atoms. The van der Waals surface area contributed by atoms with Crippen LogP contribution in [0.4, 0.5) is 5.69 Å². The summed E-state index contributed by atoms with van der Waals surface area (Å²) in [6.45, 7) is 1.78. The highest BCUT2D eigenvalue weighted by atomic mass is 79.9. The molecule has 1 aromatic heterocycles. The van der Waals surface area contributed by atoms with Crippen molar-refractivity contribution in [3.8, 4) is 11.5 Å². The molecule has 1 aliphatic rings. The lowest BCUT2D eigenvalue weighted by atomic mass is 9.95. The fraction of sp³-hybridized carbons (Fsp3) is 0.107. The molecule has 2 N–H and O–H groups in total. The van der Waals surface area contributed by atoms with E-state index in [9.17, 15) is 14.7 Å². The summed E-state index contributed by atoms with van der Waals surface area (Å²) in [7, 11) is 1.46. The molecular formula is C28H22BrN3O4S. The van der Waals surface area contributed by atoms with Crippen LogP contribution in [0.5, 0.6) is 11.5 Å². The van der Waals surface area contributed by atoms with Crippen molar-refractivity contribution in [2.75, 3.05) is 12.4 Å². The number of phenolic OH excluding ortho intramolecular Hbond substituents is 1. The summed E-state index contributed by atoms with van der Waals surface area (Å²) in [4.78, 5) is 32.4. The third-order valence-corrected chi connectivity index (χ3v) is 7.43. The first-order valence-corrected chi connectivity index (χ1v) is 13.0. The number of hydrogen-bond donors (Lipinski definition) is 2. The van der Waals surface area contributed by atoms with Crippen LogP contribution in [0, 0.1) is 0 Å². The third-order valence-electron chi connectivity index (χ3n) is 5.99. The van der Waals surface area contributed by atoms with Crippen LogP contribution in [0.25, 0.3) is 6.08 Å². The number of halogens is 1. The van der Waals surface area contributed by atoms with Gasteiger partial charge in [-0.25, -0.2) is 4.99 Å². The molecule has 1 amide bonds. The Morgan fingerprint density at radius 1 is 1.14 bits per heavy atom. The predicted molar refractivity (Wildman–Crippen MR) is 148 cm³/mol. The molecule has 7 nitrogen and oxygen atoms in total. The average Bonchev–Trinajstić information content (AvgIpc) is 3.20. The van der Waals surface area contributed by atoms with Gasteiger partial charge in [0.25, 0.3) is 11.5 Å². The second kappa shape index (κ2) is 10.2. The Kier molecular flexibility index (Phi) is 6.82. The zero-order chi connectivity index (χ0) is 26.1. The highest BCUT2D eigenvalue weighted by molar-refractivity contribution is 9.10. The SMILES string of the molecule is COc1cc(Br)cc(/C=c2\sc3n(c2=O)[C@H](c2ccccc2)C(C(=O)Nc2ccccc2)=C(C)N=3)c1O. The number of anilines is 1. The summed E-state index contributed by atoms with van der Waals surface area (Å²) < 4.78 is 7.85. The average molecular weight is 576 g/mol. The van der Waals surface area contributed by atoms with Crippen LogP contribution in [0.15, 0.2) is 98.3 Å². The number of carbonyl (C=O) groups is 1. The first-order chi connectivity index (χ1) is 17.9. The predicted octanol–water partition coefficient (Wildman–Crippen LogP) is 4.35. The van der Waals surface area contributed by atoms with Gasteiger partial charge in [0, 0.05) is 15.7 Å². The van der Waals surface area contributed by atoms with Crippen molar-refractivity contribution in [3.05, 3.63) is 119 Å². The molecule has 0 unspecified atom stereocenters. The zero-order valence-electron chi connectivity index (χ0n) is 19.9. The van der Waals surface area contributed by atoms with Gasteiger partial charge in [0.15, 0.2) is 16.3 Å². The van der Waals surface area contributed by atoms with E-state index < -0.39 is 6.04 Å². The number of hydrogen-bond acceptors (Lipinski definition) is 6. The van der Waals surface area contributed by atoms with E-state index in [0.717, 1.165) is 5.56 Å². The highest BCUT2D eigenvalue weighted by Gasteiger charge is 2.32. The topological polar surface area (TPSA) is 92.9 Å². The fourth-order valence-corrected chi connectivity index (χ4v) is 5.78. The summed E-state index contributed by atoms with van der Waals surface area (Å²) in [5.41, 5.74) is 2.47. The fourth-order valence-electron chi connectivity index (χ4n) is 4.28. The number of ether oxygens (including phenoxy) is 1. The smallest absolute Gasteiger partial charge is 0.271 e. The number of nitrogens with one attached hydrogen (secondary N) is 1. The standard InChI is InChI=1S/C28H22BrN3O4S/c1-16-23(26(34)31-20-11-7-4-8-12-20)24(17-9-5-3-6-10-17)32-27(35)22(37-28(32)30-16)14-18-13-19(29)15-21(36-2)25(18)33/h3-15,24,33H,1-2H3,(H,31,34)/b22-14-/t24-/m1/s1. The van der Waals surface area contributed by atoms with Crippen molar-refractivity contribution in [2.45, 2.75) is 13.0 Å². The maximum absolute atomic E-state index is 13.8. The van der Waals surface area contributed by atoms with Gasteiger partial charge in [0.2, 0.25) is 0 Å². The lowest BCUT2D eigenvalue weighted by Crippen LogP contribution is -2.40. The molecule has 0 fully saturated rings. The number of nitrogens with zero attached hydrogens (tertiary/aromatic N) is 2. The van der Waals surface area contributed by atoms with Crippen molar-refractivity contribution >= 4 is 44.9 Å². The molecule has 3 aromatic carbocycles. The summed E-state index contributed by atoms with van der Waals surface area (Å²) in [6.07, 6.45) is 1.61. The Morgan fingerprint density at radius 3 is 2.49 bits per heavy atom. The molecule has 4 aromatic rings. The number of para-hydroxylation sites is 1. The van der Waals surface area contributed by atoms with E-state index in [1.54, 1.807) is 41.8 Å². The van der Waals surface area contributed by atoms with Gasteiger partial charge >= 0.3 is 0 Å². The van der Waals surface area contributed by atoms with Gasteiger partial charge in [-0.1, -0.05) is 75.8 Å². The highest BCUT2D eigenvalue weighted by Crippen LogP contribution is 2.34. The van der Waals surface area contributed by atoms with Gasteiger partial charge in [-0.2, -0.15) is 0 Å². The normalized spacial score (nSPS) is 15.2. The quantitative estimate of drug-likeness (QED) is 0.370. The number of carbonyl (C=O) groups excluding carboxylic acids is 1. The van der Waals surface area contributed by atoms with Crippen molar-refractivity contribution in [3.63, 3.8) is 0 Å². The van der Waals surface area contributed by atoms with E-state index in [1.807, 2.05) is 48.5 Å². The number of thiazole rings is 1. The molecule has 1 aliphatic heterocycles. The molecule has 186 valence electrons. The summed E-state index contributed by atoms with van der Waals surface area (Å²) >= 11 is 4.61. The molecule has 0 bridgehead atoms. The van der Waals surface area contributed by atoms with Crippen LogP contribution in [0.3, 0.4) is 0 Å². The third kappa shape index (κ3) is 4.75. The number of methoxy groups -OCH3 is 1. The molecular weight excluding hydrogens is 554 g/mol. The zero-order valence-corrected chi connectivity index (χ0v) is 22.3. The van der Waals surface area contributed by atoms with Crippen molar-refractivity contribution in [1.29, 1.82) is 0 Å². The van der Waals surface area contributed by atoms with Gasteiger partial charge in [0.05, 0.1) is 29.0 Å². The van der Waals surface area contributed by atoms with Crippen molar-refractivity contribution in [1.82, 2.24) is 4.57 Å². The van der Waals surface area contributed by atoms with Crippen molar-refractivity contribution in [2.24, 2.45) is 4.99 Å². The van der Waals surface area contributed by atoms with E-state index in [0.29, 0.717) is 36.3 Å². The Hall–Kier alpha value is -3.95. The Labute approximate surface area is 224 Å². The number of fused-ring (bicyclic) bond motifs is 1. The molecule has 0 radical (unpaired) electrons. The number of phenols is 1. The molecule has 37 heavy (non-hydrogen) atoms. The number of allylic oxidation sites excluding steroid dienone is 1. The largest absolute Gasteiger partial charge is 0.504 e. The van der Waals surface area contributed by atoms with Crippen LogP contribution in [0.1, 0.15) is 24.1 Å². The van der Waals surface area contributed by atoms with E-state index in [1.165, 1.54) is 18.4 Å². The molecule has 1 atom stereocenters. The van der Waals surface area contributed by atoms with E-state index in [-0.39, 0.29) is 23.0 Å². The van der Waals surface area contributed by atoms with E-state index in [2.05, 4.69) is 26.2 Å². The number of aromatic hydroxyl groups is 1. The molecule has 0 saturated carbocycles. The molecule has 2 heterocycles. The van der Waals surface area contributed by atoms with Gasteiger partial charge in [0.1, 0.15) is 0 Å².